The lowest BCUT2D eigenvalue weighted by Gasteiger charge is -2.12. The normalized spacial score (nSPS) is 11.3. The van der Waals surface area contributed by atoms with Crippen molar-refractivity contribution in [3.05, 3.63) is 95.0 Å². The molecule has 2 heterocycles. The van der Waals surface area contributed by atoms with Gasteiger partial charge in [-0.3, -0.25) is 9.13 Å². The molecule has 2 aromatic heterocycles. The predicted molar refractivity (Wildman–Crippen MR) is 130 cm³/mol. The number of rotatable bonds is 5. The van der Waals surface area contributed by atoms with Gasteiger partial charge in [-0.1, -0.05) is 48.0 Å². The number of aromatic nitrogens is 4. The molecule has 0 bridgehead atoms. The van der Waals surface area contributed by atoms with Crippen LogP contribution in [0.1, 0.15) is 19.4 Å². The molecule has 0 fully saturated rings. The molecule has 5 aromatic rings. The van der Waals surface area contributed by atoms with Crippen molar-refractivity contribution in [1.82, 2.24) is 18.9 Å². The highest BCUT2D eigenvalue weighted by molar-refractivity contribution is 5.88. The van der Waals surface area contributed by atoms with Crippen LogP contribution in [0.3, 0.4) is 0 Å². The molecule has 5 heteroatoms. The van der Waals surface area contributed by atoms with Crippen LogP contribution in [0.25, 0.3) is 39.1 Å². The van der Waals surface area contributed by atoms with Gasteiger partial charge in [0, 0.05) is 24.2 Å². The summed E-state index contributed by atoms with van der Waals surface area (Å²) in [5.74, 6) is 0. The Balaban J connectivity index is 1.78. The molecule has 0 unspecified atom stereocenters. The molecular formula is C27H26N4O. The molecule has 0 aliphatic heterocycles. The summed E-state index contributed by atoms with van der Waals surface area (Å²) < 4.78 is 5.67. The highest BCUT2D eigenvalue weighted by Gasteiger charge is 2.18. The standard InChI is InChI=1S/C27H26N4O/c1-4-29-24-15-14-20(17-25(24)30(5-2)27(29)32)23-18-28-31(22-12-7-6-8-13-22)26(23)21-11-9-10-19(3)16-21/h6-18H,4-5H2,1-3H3. The van der Waals surface area contributed by atoms with E-state index >= 15 is 0 Å². The molecule has 5 nitrogen and oxygen atoms in total. The summed E-state index contributed by atoms with van der Waals surface area (Å²) in [6, 6.07) is 25.0. The average Bonchev–Trinajstić information content (AvgIpc) is 3.37. The molecule has 0 saturated heterocycles. The molecule has 0 amide bonds. The van der Waals surface area contributed by atoms with Crippen molar-refractivity contribution in [3.8, 4) is 28.1 Å². The Hall–Kier alpha value is -3.86. The molecule has 3 aromatic carbocycles. The van der Waals surface area contributed by atoms with Crippen LogP contribution in [0.4, 0.5) is 0 Å². The van der Waals surface area contributed by atoms with E-state index in [4.69, 9.17) is 5.10 Å². The third-order valence-electron chi connectivity index (χ3n) is 6.02. The number of hydrogen-bond donors (Lipinski definition) is 0. The zero-order chi connectivity index (χ0) is 22.2. The fraction of sp³-hybridized carbons (Fsp3) is 0.185. The van der Waals surface area contributed by atoms with Gasteiger partial charge in [0.15, 0.2) is 0 Å². The highest BCUT2D eigenvalue weighted by atomic mass is 16.1. The lowest BCUT2D eigenvalue weighted by molar-refractivity contribution is 0.671. The first-order chi connectivity index (χ1) is 15.6. The van der Waals surface area contributed by atoms with Crippen molar-refractivity contribution in [1.29, 1.82) is 0 Å². The second-order valence-corrected chi connectivity index (χ2v) is 8.00. The SMILES string of the molecule is CCn1c(=O)n(CC)c2cc(-c3cnn(-c4ccccc4)c3-c3cccc(C)c3)ccc21. The third kappa shape index (κ3) is 3.17. The van der Waals surface area contributed by atoms with Crippen LogP contribution in [0.15, 0.2) is 83.8 Å². The summed E-state index contributed by atoms with van der Waals surface area (Å²) >= 11 is 0. The van der Waals surface area contributed by atoms with E-state index in [1.54, 1.807) is 0 Å². The van der Waals surface area contributed by atoms with Crippen LogP contribution in [0, 0.1) is 6.92 Å². The lowest BCUT2D eigenvalue weighted by atomic mass is 9.99. The predicted octanol–water partition coefficient (Wildman–Crippen LogP) is 5.67. The molecule has 0 aliphatic rings. The van der Waals surface area contributed by atoms with Gasteiger partial charge in [-0.2, -0.15) is 5.10 Å². The number of imidazole rings is 1. The van der Waals surface area contributed by atoms with E-state index in [2.05, 4.69) is 61.5 Å². The Morgan fingerprint density at radius 1 is 0.781 bits per heavy atom. The number of para-hydroxylation sites is 1. The average molecular weight is 423 g/mol. The monoisotopic (exact) mass is 422 g/mol. The molecule has 0 spiro atoms. The molecule has 0 atom stereocenters. The second-order valence-electron chi connectivity index (χ2n) is 8.00. The van der Waals surface area contributed by atoms with Gasteiger partial charge in [0.25, 0.3) is 0 Å². The van der Waals surface area contributed by atoms with Gasteiger partial charge in [-0.15, -0.1) is 0 Å². The van der Waals surface area contributed by atoms with Crippen molar-refractivity contribution in [2.24, 2.45) is 0 Å². The van der Waals surface area contributed by atoms with Gasteiger partial charge < -0.3 is 0 Å². The molecule has 0 saturated carbocycles. The fourth-order valence-corrected chi connectivity index (χ4v) is 4.49. The summed E-state index contributed by atoms with van der Waals surface area (Å²) in [6.07, 6.45) is 1.93. The van der Waals surface area contributed by atoms with Crippen molar-refractivity contribution in [3.63, 3.8) is 0 Å². The van der Waals surface area contributed by atoms with Crippen LogP contribution in [0.5, 0.6) is 0 Å². The Morgan fingerprint density at radius 2 is 1.53 bits per heavy atom. The first-order valence-corrected chi connectivity index (χ1v) is 11.1. The van der Waals surface area contributed by atoms with E-state index in [1.807, 2.05) is 52.1 Å². The fourth-order valence-electron chi connectivity index (χ4n) is 4.49. The minimum Gasteiger partial charge on any atom is -0.292 e. The van der Waals surface area contributed by atoms with Gasteiger partial charge in [0.2, 0.25) is 0 Å². The summed E-state index contributed by atoms with van der Waals surface area (Å²) in [7, 11) is 0. The van der Waals surface area contributed by atoms with E-state index < -0.39 is 0 Å². The van der Waals surface area contributed by atoms with E-state index in [1.165, 1.54) is 5.56 Å². The number of hydrogen-bond acceptors (Lipinski definition) is 2. The largest absolute Gasteiger partial charge is 0.329 e. The lowest BCUT2D eigenvalue weighted by Crippen LogP contribution is -2.22. The van der Waals surface area contributed by atoms with Crippen LogP contribution in [-0.2, 0) is 13.1 Å². The first kappa shape index (κ1) is 20.1. The number of benzene rings is 3. The molecule has 160 valence electrons. The molecule has 5 rings (SSSR count). The van der Waals surface area contributed by atoms with Gasteiger partial charge in [0.1, 0.15) is 0 Å². The summed E-state index contributed by atoms with van der Waals surface area (Å²) in [4.78, 5) is 12.8. The maximum Gasteiger partial charge on any atom is 0.329 e. The molecular weight excluding hydrogens is 396 g/mol. The topological polar surface area (TPSA) is 44.8 Å². The maximum atomic E-state index is 12.8. The van der Waals surface area contributed by atoms with Gasteiger partial charge in [-0.05, 0) is 56.7 Å². The summed E-state index contributed by atoms with van der Waals surface area (Å²) in [5, 5.41) is 4.77. The second kappa shape index (κ2) is 8.00. The number of nitrogens with zero attached hydrogens (tertiary/aromatic N) is 4. The summed E-state index contributed by atoms with van der Waals surface area (Å²) in [6.45, 7) is 7.42. The molecule has 0 radical (unpaired) electrons. The molecule has 0 aliphatic carbocycles. The van der Waals surface area contributed by atoms with Gasteiger partial charge >= 0.3 is 5.69 Å². The zero-order valence-electron chi connectivity index (χ0n) is 18.6. The molecule has 32 heavy (non-hydrogen) atoms. The van der Waals surface area contributed by atoms with Gasteiger partial charge in [0.05, 0.1) is 28.6 Å². The van der Waals surface area contributed by atoms with E-state index in [0.29, 0.717) is 13.1 Å². The Kier molecular flexibility index (Phi) is 5.02. The minimum atomic E-state index is 0.0426. The van der Waals surface area contributed by atoms with Crippen LogP contribution in [0.2, 0.25) is 0 Å². The zero-order valence-corrected chi connectivity index (χ0v) is 18.6. The van der Waals surface area contributed by atoms with Crippen molar-refractivity contribution in [2.75, 3.05) is 0 Å². The Morgan fingerprint density at radius 3 is 2.25 bits per heavy atom. The number of fused-ring (bicyclic) bond motifs is 1. The first-order valence-electron chi connectivity index (χ1n) is 11.1. The van der Waals surface area contributed by atoms with Crippen molar-refractivity contribution < 1.29 is 0 Å². The van der Waals surface area contributed by atoms with Crippen molar-refractivity contribution >= 4 is 11.0 Å². The smallest absolute Gasteiger partial charge is 0.292 e. The Bertz CT molecular complexity index is 1470. The maximum absolute atomic E-state index is 12.8. The van der Waals surface area contributed by atoms with Crippen molar-refractivity contribution in [2.45, 2.75) is 33.9 Å². The highest BCUT2D eigenvalue weighted by Crippen LogP contribution is 2.35. The van der Waals surface area contributed by atoms with E-state index in [0.717, 1.165) is 39.1 Å². The quantitative estimate of drug-likeness (QED) is 0.366. The van der Waals surface area contributed by atoms with Gasteiger partial charge in [-0.25, -0.2) is 9.48 Å². The van der Waals surface area contributed by atoms with Crippen LogP contribution >= 0.6 is 0 Å². The van der Waals surface area contributed by atoms with E-state index in [9.17, 15) is 4.79 Å². The Labute approximate surface area is 187 Å². The number of aryl methyl sites for hydroxylation is 3. The molecule has 0 N–H and O–H groups in total. The van der Waals surface area contributed by atoms with Crippen LogP contribution in [-0.4, -0.2) is 18.9 Å². The summed E-state index contributed by atoms with van der Waals surface area (Å²) in [5.41, 5.74) is 8.42. The third-order valence-corrected chi connectivity index (χ3v) is 6.02. The van der Waals surface area contributed by atoms with E-state index in [-0.39, 0.29) is 5.69 Å². The van der Waals surface area contributed by atoms with Crippen LogP contribution < -0.4 is 5.69 Å². The minimum absolute atomic E-state index is 0.0426.